The van der Waals surface area contributed by atoms with Crippen LogP contribution in [0.1, 0.15) is 45.1 Å². The van der Waals surface area contributed by atoms with Gasteiger partial charge < -0.3 is 19.7 Å². The van der Waals surface area contributed by atoms with Crippen molar-refractivity contribution in [2.24, 2.45) is 0 Å². The predicted octanol–water partition coefficient (Wildman–Crippen LogP) is 4.01. The smallest absolute Gasteiger partial charge is 0.243 e. The summed E-state index contributed by atoms with van der Waals surface area (Å²) in [4.78, 5) is 15.3. The number of anilines is 2. The van der Waals surface area contributed by atoms with E-state index in [0.29, 0.717) is 36.7 Å². The molecule has 4 rings (SSSR count). The van der Waals surface area contributed by atoms with E-state index < -0.39 is 10.0 Å². The van der Waals surface area contributed by atoms with Crippen molar-refractivity contribution in [2.45, 2.75) is 50.8 Å². The van der Waals surface area contributed by atoms with Gasteiger partial charge in [0.1, 0.15) is 0 Å². The van der Waals surface area contributed by atoms with E-state index in [9.17, 15) is 13.2 Å². The molecule has 0 saturated carbocycles. The number of sulfonamides is 1. The van der Waals surface area contributed by atoms with E-state index in [0.717, 1.165) is 37.2 Å². The van der Waals surface area contributed by atoms with E-state index in [2.05, 4.69) is 10.2 Å². The monoisotopic (exact) mass is 487 g/mol. The van der Waals surface area contributed by atoms with E-state index in [4.69, 9.17) is 9.47 Å². The van der Waals surface area contributed by atoms with Gasteiger partial charge in [0.2, 0.25) is 22.7 Å². The highest BCUT2D eigenvalue weighted by molar-refractivity contribution is 7.89. The molecule has 2 heterocycles. The van der Waals surface area contributed by atoms with Gasteiger partial charge in [-0.05, 0) is 61.6 Å². The van der Waals surface area contributed by atoms with Crippen LogP contribution >= 0.6 is 0 Å². The number of piperidine rings is 1. The lowest BCUT2D eigenvalue weighted by Gasteiger charge is -2.31. The Balaban J connectivity index is 1.54. The second-order valence-electron chi connectivity index (χ2n) is 8.55. The molecule has 1 saturated heterocycles. The zero-order valence-electron chi connectivity index (χ0n) is 19.9. The second-order valence-corrected chi connectivity index (χ2v) is 10.5. The van der Waals surface area contributed by atoms with Crippen LogP contribution in [0.5, 0.6) is 11.5 Å². The van der Waals surface area contributed by atoms with Crippen molar-refractivity contribution < 1.29 is 22.7 Å². The Hall–Kier alpha value is -2.78. The van der Waals surface area contributed by atoms with Crippen LogP contribution in [0.3, 0.4) is 0 Å². The van der Waals surface area contributed by atoms with Gasteiger partial charge in [-0.1, -0.05) is 19.9 Å². The molecule has 0 atom stereocenters. The summed E-state index contributed by atoms with van der Waals surface area (Å²) in [6, 6.07) is 10.8. The maximum absolute atomic E-state index is 13.1. The van der Waals surface area contributed by atoms with Crippen molar-refractivity contribution >= 4 is 27.3 Å². The van der Waals surface area contributed by atoms with Gasteiger partial charge in [-0.25, -0.2) is 8.42 Å². The van der Waals surface area contributed by atoms with Crippen molar-refractivity contribution in [3.05, 3.63) is 42.0 Å². The summed E-state index contributed by atoms with van der Waals surface area (Å²) >= 11 is 0. The Morgan fingerprint density at radius 3 is 2.47 bits per heavy atom. The lowest BCUT2D eigenvalue weighted by molar-refractivity contribution is -0.116. The number of aryl methyl sites for hydroxylation is 1. The lowest BCUT2D eigenvalue weighted by Crippen LogP contribution is -2.32. The first-order valence-electron chi connectivity index (χ1n) is 12.0. The van der Waals surface area contributed by atoms with Crippen LogP contribution in [-0.2, 0) is 21.2 Å². The topological polar surface area (TPSA) is 88.2 Å². The Morgan fingerprint density at radius 2 is 1.74 bits per heavy atom. The molecule has 1 amide bonds. The fourth-order valence-electron chi connectivity index (χ4n) is 4.47. The number of benzene rings is 2. The SMILES string of the molecule is CCN(CC)S(=O)(=O)c1ccc(N2CCCCC2)c(NC(=O)CCc2ccc3c(c2)OCO3)c1. The van der Waals surface area contributed by atoms with Gasteiger partial charge in [-0.2, -0.15) is 4.31 Å². The van der Waals surface area contributed by atoms with Crippen LogP contribution in [0.25, 0.3) is 0 Å². The summed E-state index contributed by atoms with van der Waals surface area (Å²) in [5.74, 6) is 1.25. The number of nitrogens with zero attached hydrogens (tertiary/aromatic N) is 2. The molecular formula is C25H33N3O5S. The number of rotatable bonds is 9. The number of carbonyl (C=O) groups is 1. The highest BCUT2D eigenvalue weighted by Crippen LogP contribution is 2.34. The quantitative estimate of drug-likeness (QED) is 0.575. The minimum atomic E-state index is -3.63. The molecule has 0 aliphatic carbocycles. The number of amides is 1. The number of fused-ring (bicyclic) bond motifs is 1. The van der Waals surface area contributed by atoms with E-state index in [1.165, 1.54) is 10.7 Å². The van der Waals surface area contributed by atoms with E-state index >= 15 is 0 Å². The molecule has 2 aliphatic rings. The minimum Gasteiger partial charge on any atom is -0.454 e. The Morgan fingerprint density at radius 1 is 1.00 bits per heavy atom. The summed E-state index contributed by atoms with van der Waals surface area (Å²) in [5, 5.41) is 3.00. The first-order chi connectivity index (χ1) is 16.4. The van der Waals surface area contributed by atoms with Gasteiger partial charge in [-0.3, -0.25) is 4.79 Å². The van der Waals surface area contributed by atoms with Gasteiger partial charge in [0, 0.05) is 32.6 Å². The van der Waals surface area contributed by atoms with Crippen LogP contribution in [-0.4, -0.2) is 51.6 Å². The van der Waals surface area contributed by atoms with E-state index in [1.807, 2.05) is 38.1 Å². The van der Waals surface area contributed by atoms with Gasteiger partial charge in [0.05, 0.1) is 16.3 Å². The minimum absolute atomic E-state index is 0.159. The van der Waals surface area contributed by atoms with Crippen molar-refractivity contribution in [1.29, 1.82) is 0 Å². The molecule has 2 aliphatic heterocycles. The zero-order chi connectivity index (χ0) is 24.1. The maximum atomic E-state index is 13.1. The molecule has 0 bridgehead atoms. The summed E-state index contributed by atoms with van der Waals surface area (Å²) in [6.45, 7) is 6.42. The molecule has 184 valence electrons. The third-order valence-electron chi connectivity index (χ3n) is 6.36. The van der Waals surface area contributed by atoms with Crippen LogP contribution < -0.4 is 19.7 Å². The molecule has 0 unspecified atom stereocenters. The molecular weight excluding hydrogens is 454 g/mol. The molecule has 0 spiro atoms. The summed E-state index contributed by atoms with van der Waals surface area (Å²) in [7, 11) is -3.63. The maximum Gasteiger partial charge on any atom is 0.243 e. The average molecular weight is 488 g/mol. The van der Waals surface area contributed by atoms with Crippen molar-refractivity contribution in [3.63, 3.8) is 0 Å². The summed E-state index contributed by atoms with van der Waals surface area (Å²) < 4.78 is 38.4. The second kappa shape index (κ2) is 10.7. The van der Waals surface area contributed by atoms with Crippen LogP contribution in [0.4, 0.5) is 11.4 Å². The first-order valence-corrected chi connectivity index (χ1v) is 13.4. The van der Waals surface area contributed by atoms with Crippen LogP contribution in [0.15, 0.2) is 41.3 Å². The van der Waals surface area contributed by atoms with E-state index in [1.54, 1.807) is 12.1 Å². The largest absolute Gasteiger partial charge is 0.454 e. The number of ether oxygens (including phenoxy) is 2. The normalized spacial score (nSPS) is 15.6. The first kappa shape index (κ1) is 24.3. The standard InChI is InChI=1S/C25H33N3O5S/c1-3-28(4-2)34(30,31)20-10-11-22(27-14-6-5-7-15-27)21(17-20)26-25(29)13-9-19-8-12-23-24(16-19)33-18-32-23/h8,10-12,16-17H,3-7,9,13-15,18H2,1-2H3,(H,26,29). The molecule has 8 nitrogen and oxygen atoms in total. The Kier molecular flexibility index (Phi) is 7.63. The Bertz CT molecular complexity index is 1130. The van der Waals surface area contributed by atoms with Gasteiger partial charge >= 0.3 is 0 Å². The zero-order valence-corrected chi connectivity index (χ0v) is 20.7. The molecule has 2 aromatic rings. The highest BCUT2D eigenvalue weighted by Gasteiger charge is 2.25. The third-order valence-corrected chi connectivity index (χ3v) is 8.41. The lowest BCUT2D eigenvalue weighted by atomic mass is 10.1. The number of hydrogen-bond donors (Lipinski definition) is 1. The van der Waals surface area contributed by atoms with Gasteiger partial charge in [0.25, 0.3) is 0 Å². The predicted molar refractivity (Wildman–Crippen MR) is 132 cm³/mol. The van der Waals surface area contributed by atoms with Crippen LogP contribution in [0, 0.1) is 0 Å². The summed E-state index contributed by atoms with van der Waals surface area (Å²) in [5.41, 5.74) is 2.40. The fourth-order valence-corrected chi connectivity index (χ4v) is 5.95. The third kappa shape index (κ3) is 5.31. The summed E-state index contributed by atoms with van der Waals surface area (Å²) in [6.07, 6.45) is 4.15. The average Bonchev–Trinajstić information content (AvgIpc) is 3.32. The number of nitrogens with one attached hydrogen (secondary N) is 1. The molecule has 1 N–H and O–H groups in total. The molecule has 0 radical (unpaired) electrons. The van der Waals surface area contributed by atoms with Gasteiger partial charge in [-0.15, -0.1) is 0 Å². The number of carbonyl (C=O) groups excluding carboxylic acids is 1. The molecule has 2 aromatic carbocycles. The molecule has 34 heavy (non-hydrogen) atoms. The van der Waals surface area contributed by atoms with Crippen molar-refractivity contribution in [3.8, 4) is 11.5 Å². The van der Waals surface area contributed by atoms with E-state index in [-0.39, 0.29) is 24.0 Å². The van der Waals surface area contributed by atoms with Crippen molar-refractivity contribution in [1.82, 2.24) is 4.31 Å². The van der Waals surface area contributed by atoms with Gasteiger partial charge in [0.15, 0.2) is 11.5 Å². The highest BCUT2D eigenvalue weighted by atomic mass is 32.2. The molecule has 9 heteroatoms. The van der Waals surface area contributed by atoms with Crippen LogP contribution in [0.2, 0.25) is 0 Å². The van der Waals surface area contributed by atoms with Crippen molar-refractivity contribution in [2.75, 3.05) is 43.2 Å². The fraction of sp³-hybridized carbons (Fsp3) is 0.480. The number of hydrogen-bond acceptors (Lipinski definition) is 6. The molecule has 0 aromatic heterocycles. The molecule has 1 fully saturated rings. The Labute approximate surface area is 201 Å².